The van der Waals surface area contributed by atoms with Crippen LogP contribution in [0.4, 0.5) is 0 Å². The summed E-state index contributed by atoms with van der Waals surface area (Å²) in [7, 11) is 2.91. The SMILES string of the molecule is COc1cccc(C(=O)OCc2cc(=O)n3cc(Cl)ccc3n2)c1OC. The predicted molar refractivity (Wildman–Crippen MR) is 95.1 cm³/mol. The molecule has 0 aliphatic carbocycles. The molecule has 0 radical (unpaired) electrons. The third kappa shape index (κ3) is 3.48. The van der Waals surface area contributed by atoms with Crippen LogP contribution in [0.25, 0.3) is 5.65 Å². The van der Waals surface area contributed by atoms with E-state index in [2.05, 4.69) is 4.98 Å². The summed E-state index contributed by atoms with van der Waals surface area (Å²) >= 11 is 5.88. The van der Waals surface area contributed by atoms with E-state index in [1.54, 1.807) is 30.3 Å². The fourth-order valence-corrected chi connectivity index (χ4v) is 2.63. The number of ether oxygens (including phenoxy) is 3. The van der Waals surface area contributed by atoms with E-state index in [4.69, 9.17) is 25.8 Å². The lowest BCUT2D eigenvalue weighted by molar-refractivity contribution is 0.0463. The van der Waals surface area contributed by atoms with E-state index in [1.165, 1.54) is 30.9 Å². The highest BCUT2D eigenvalue weighted by Crippen LogP contribution is 2.31. The molecular weight excluding hydrogens is 360 g/mol. The largest absolute Gasteiger partial charge is 0.493 e. The Bertz CT molecular complexity index is 1030. The zero-order valence-corrected chi connectivity index (χ0v) is 14.8. The van der Waals surface area contributed by atoms with Crippen LogP contribution in [0.2, 0.25) is 5.02 Å². The number of methoxy groups -OCH3 is 2. The van der Waals surface area contributed by atoms with Crippen LogP contribution in [0.3, 0.4) is 0 Å². The van der Waals surface area contributed by atoms with Gasteiger partial charge in [0.05, 0.1) is 24.9 Å². The van der Waals surface area contributed by atoms with Crippen molar-refractivity contribution in [2.75, 3.05) is 14.2 Å². The van der Waals surface area contributed by atoms with Crippen LogP contribution >= 0.6 is 11.6 Å². The Labute approximate surface area is 153 Å². The Morgan fingerprint density at radius 2 is 2.00 bits per heavy atom. The molecule has 2 heterocycles. The average Bonchev–Trinajstić information content (AvgIpc) is 2.65. The van der Waals surface area contributed by atoms with E-state index < -0.39 is 5.97 Å². The van der Waals surface area contributed by atoms with Gasteiger partial charge >= 0.3 is 5.97 Å². The molecule has 3 rings (SSSR count). The topological polar surface area (TPSA) is 79.1 Å². The third-order valence-corrected chi connectivity index (χ3v) is 3.87. The molecule has 1 aromatic carbocycles. The minimum Gasteiger partial charge on any atom is -0.493 e. The lowest BCUT2D eigenvalue weighted by atomic mass is 10.2. The molecular formula is C18H15ClN2O5. The summed E-state index contributed by atoms with van der Waals surface area (Å²) in [5.74, 6) is 0.0842. The van der Waals surface area contributed by atoms with Crippen molar-refractivity contribution >= 4 is 23.2 Å². The number of para-hydroxylation sites is 1. The minimum atomic E-state index is -0.612. The molecule has 0 saturated carbocycles. The Balaban J connectivity index is 1.83. The molecule has 0 aliphatic heterocycles. The second-order valence-electron chi connectivity index (χ2n) is 5.28. The van der Waals surface area contributed by atoms with Gasteiger partial charge in [-0.05, 0) is 24.3 Å². The number of hydrogen-bond acceptors (Lipinski definition) is 6. The molecule has 0 atom stereocenters. The maximum Gasteiger partial charge on any atom is 0.342 e. The van der Waals surface area contributed by atoms with Crippen molar-refractivity contribution in [3.05, 3.63) is 69.2 Å². The fraction of sp³-hybridized carbons (Fsp3) is 0.167. The number of carbonyl (C=O) groups excluding carboxylic acids is 1. The van der Waals surface area contributed by atoms with Crippen LogP contribution < -0.4 is 15.0 Å². The lowest BCUT2D eigenvalue weighted by Crippen LogP contribution is -2.16. The van der Waals surface area contributed by atoms with Gasteiger partial charge in [0.25, 0.3) is 5.56 Å². The Morgan fingerprint density at radius 1 is 1.19 bits per heavy atom. The number of rotatable bonds is 5. The van der Waals surface area contributed by atoms with Crippen LogP contribution in [-0.2, 0) is 11.3 Å². The second kappa shape index (κ2) is 7.45. The van der Waals surface area contributed by atoms with E-state index in [-0.39, 0.29) is 23.5 Å². The van der Waals surface area contributed by atoms with E-state index in [0.29, 0.717) is 22.1 Å². The Morgan fingerprint density at radius 3 is 2.73 bits per heavy atom. The number of nitrogens with zero attached hydrogens (tertiary/aromatic N) is 2. The van der Waals surface area contributed by atoms with Gasteiger partial charge in [-0.15, -0.1) is 0 Å². The van der Waals surface area contributed by atoms with Gasteiger partial charge in [-0.2, -0.15) is 0 Å². The van der Waals surface area contributed by atoms with Crippen LogP contribution in [0, 0.1) is 0 Å². The van der Waals surface area contributed by atoms with Gasteiger partial charge < -0.3 is 14.2 Å². The highest BCUT2D eigenvalue weighted by atomic mass is 35.5. The van der Waals surface area contributed by atoms with E-state index in [9.17, 15) is 9.59 Å². The molecule has 0 amide bonds. The summed E-state index contributed by atoms with van der Waals surface area (Å²) in [4.78, 5) is 28.8. The molecule has 0 spiro atoms. The monoisotopic (exact) mass is 374 g/mol. The minimum absolute atomic E-state index is 0.159. The Kier molecular flexibility index (Phi) is 5.09. The Hall–Kier alpha value is -3.06. The number of benzene rings is 1. The van der Waals surface area contributed by atoms with Crippen LogP contribution in [-0.4, -0.2) is 29.6 Å². The summed E-state index contributed by atoms with van der Waals surface area (Å²) < 4.78 is 17.0. The number of esters is 1. The number of halogens is 1. The standard InChI is InChI=1S/C18H15ClN2O5/c1-24-14-5-3-4-13(17(14)25-2)18(23)26-10-12-8-16(22)21-9-11(19)6-7-15(21)20-12/h3-9H,10H2,1-2H3. The normalized spacial score (nSPS) is 10.6. The maximum atomic E-state index is 12.4. The van der Waals surface area contributed by atoms with Crippen molar-refractivity contribution in [3.63, 3.8) is 0 Å². The van der Waals surface area contributed by atoms with Gasteiger partial charge in [0.15, 0.2) is 11.5 Å². The number of aromatic nitrogens is 2. The molecule has 0 N–H and O–H groups in total. The van der Waals surface area contributed by atoms with Crippen molar-refractivity contribution in [1.29, 1.82) is 0 Å². The molecule has 0 fully saturated rings. The molecule has 0 aliphatic rings. The maximum absolute atomic E-state index is 12.4. The molecule has 8 heteroatoms. The third-order valence-electron chi connectivity index (χ3n) is 3.65. The summed E-state index contributed by atoms with van der Waals surface area (Å²) in [5, 5.41) is 0.422. The van der Waals surface area contributed by atoms with E-state index >= 15 is 0 Å². The van der Waals surface area contributed by atoms with Crippen molar-refractivity contribution in [3.8, 4) is 11.5 Å². The fourth-order valence-electron chi connectivity index (χ4n) is 2.47. The van der Waals surface area contributed by atoms with Gasteiger partial charge in [-0.3, -0.25) is 9.20 Å². The highest BCUT2D eigenvalue weighted by Gasteiger charge is 2.18. The summed E-state index contributed by atoms with van der Waals surface area (Å²) in [5.41, 5.74) is 0.637. The molecule has 3 aromatic rings. The quantitative estimate of drug-likeness (QED) is 0.639. The summed E-state index contributed by atoms with van der Waals surface area (Å²) in [6.45, 7) is -0.159. The lowest BCUT2D eigenvalue weighted by Gasteiger charge is -2.12. The molecule has 0 saturated heterocycles. The van der Waals surface area contributed by atoms with Gasteiger partial charge in [0.2, 0.25) is 0 Å². The number of fused-ring (bicyclic) bond motifs is 1. The van der Waals surface area contributed by atoms with Crippen LogP contribution in [0.5, 0.6) is 11.5 Å². The smallest absolute Gasteiger partial charge is 0.342 e. The zero-order valence-electron chi connectivity index (χ0n) is 14.1. The molecule has 0 unspecified atom stereocenters. The van der Waals surface area contributed by atoms with Crippen molar-refractivity contribution in [1.82, 2.24) is 9.38 Å². The van der Waals surface area contributed by atoms with Gasteiger partial charge in [-0.25, -0.2) is 9.78 Å². The van der Waals surface area contributed by atoms with Crippen molar-refractivity contribution in [2.24, 2.45) is 0 Å². The molecule has 7 nitrogen and oxygen atoms in total. The van der Waals surface area contributed by atoms with Gasteiger partial charge in [0.1, 0.15) is 17.8 Å². The van der Waals surface area contributed by atoms with E-state index in [1.807, 2.05) is 0 Å². The highest BCUT2D eigenvalue weighted by molar-refractivity contribution is 6.30. The number of pyridine rings is 1. The van der Waals surface area contributed by atoms with Crippen LogP contribution in [0.1, 0.15) is 16.1 Å². The zero-order chi connectivity index (χ0) is 18.7. The van der Waals surface area contributed by atoms with E-state index in [0.717, 1.165) is 0 Å². The average molecular weight is 375 g/mol. The molecule has 2 aromatic heterocycles. The first kappa shape index (κ1) is 17.8. The van der Waals surface area contributed by atoms with Crippen molar-refractivity contribution < 1.29 is 19.0 Å². The van der Waals surface area contributed by atoms with Gasteiger partial charge in [-0.1, -0.05) is 17.7 Å². The molecule has 26 heavy (non-hydrogen) atoms. The van der Waals surface area contributed by atoms with Gasteiger partial charge in [0, 0.05) is 12.3 Å². The predicted octanol–water partition coefficient (Wildman–Crippen LogP) is 2.72. The second-order valence-corrected chi connectivity index (χ2v) is 5.71. The first-order valence-electron chi connectivity index (χ1n) is 7.59. The number of carbonyl (C=O) groups is 1. The van der Waals surface area contributed by atoms with Crippen molar-refractivity contribution in [2.45, 2.75) is 6.61 Å². The van der Waals surface area contributed by atoms with Crippen LogP contribution in [0.15, 0.2) is 47.4 Å². The molecule has 134 valence electrons. The first-order valence-corrected chi connectivity index (χ1v) is 7.97. The summed E-state index contributed by atoms with van der Waals surface area (Å²) in [6, 6.07) is 9.42. The molecule has 0 bridgehead atoms. The number of hydrogen-bond donors (Lipinski definition) is 0. The first-order chi connectivity index (χ1) is 12.5. The summed E-state index contributed by atoms with van der Waals surface area (Å²) in [6.07, 6.45) is 1.48.